The molecule has 8 heteroatoms. The van der Waals surface area contributed by atoms with Crippen LogP contribution in [0.4, 0.5) is 5.82 Å². The maximum absolute atomic E-state index is 12.3. The van der Waals surface area contributed by atoms with Crippen molar-refractivity contribution < 1.29 is 4.79 Å². The maximum atomic E-state index is 12.3. The summed E-state index contributed by atoms with van der Waals surface area (Å²) in [5.41, 5.74) is 0.519. The first-order chi connectivity index (χ1) is 11.0. The van der Waals surface area contributed by atoms with Gasteiger partial charge in [-0.1, -0.05) is 11.6 Å². The SMILES string of the molecule is CC(C)n1cc(C(=O)Nc2ccnn2Cc2ccc(Cl)s2)cn1. The fourth-order valence-corrected chi connectivity index (χ4v) is 3.15. The van der Waals surface area contributed by atoms with E-state index in [0.717, 1.165) is 9.21 Å². The van der Waals surface area contributed by atoms with Gasteiger partial charge >= 0.3 is 0 Å². The summed E-state index contributed by atoms with van der Waals surface area (Å²) < 4.78 is 4.21. The fraction of sp³-hybridized carbons (Fsp3) is 0.267. The summed E-state index contributed by atoms with van der Waals surface area (Å²) in [6, 6.07) is 5.78. The molecule has 0 unspecified atom stereocenters. The van der Waals surface area contributed by atoms with Gasteiger partial charge in [-0.2, -0.15) is 10.2 Å². The second-order valence-corrected chi connectivity index (χ2v) is 7.14. The monoisotopic (exact) mass is 349 g/mol. The molecule has 0 fully saturated rings. The topological polar surface area (TPSA) is 64.7 Å². The van der Waals surface area contributed by atoms with Crippen molar-refractivity contribution in [1.82, 2.24) is 19.6 Å². The van der Waals surface area contributed by atoms with Crippen molar-refractivity contribution >= 4 is 34.7 Å². The molecular formula is C15H16ClN5OS. The molecule has 1 amide bonds. The molecule has 3 rings (SSSR count). The first kappa shape index (κ1) is 15.8. The zero-order valence-electron chi connectivity index (χ0n) is 12.7. The number of rotatable bonds is 5. The molecule has 0 aliphatic rings. The molecule has 1 N–H and O–H groups in total. The lowest BCUT2D eigenvalue weighted by atomic mass is 10.3. The quantitative estimate of drug-likeness (QED) is 0.764. The van der Waals surface area contributed by atoms with Gasteiger partial charge in [-0.15, -0.1) is 11.3 Å². The molecule has 0 spiro atoms. The van der Waals surface area contributed by atoms with Crippen LogP contribution in [0.15, 0.2) is 36.8 Å². The summed E-state index contributed by atoms with van der Waals surface area (Å²) in [5.74, 6) is 0.430. The van der Waals surface area contributed by atoms with E-state index in [1.165, 1.54) is 11.3 Å². The molecule has 120 valence electrons. The van der Waals surface area contributed by atoms with Gasteiger partial charge in [-0.3, -0.25) is 9.48 Å². The number of nitrogens with zero attached hydrogens (tertiary/aromatic N) is 4. The Morgan fingerprint density at radius 2 is 2.17 bits per heavy atom. The highest BCUT2D eigenvalue weighted by Gasteiger charge is 2.13. The Balaban J connectivity index is 1.72. The zero-order chi connectivity index (χ0) is 16.4. The molecule has 3 aromatic heterocycles. The number of carbonyl (C=O) groups is 1. The van der Waals surface area contributed by atoms with Gasteiger partial charge in [0, 0.05) is 23.2 Å². The summed E-state index contributed by atoms with van der Waals surface area (Å²) in [5, 5.41) is 11.3. The molecule has 0 saturated heterocycles. The van der Waals surface area contributed by atoms with Crippen molar-refractivity contribution in [2.24, 2.45) is 0 Å². The Hall–Kier alpha value is -2.12. The number of halogens is 1. The summed E-state index contributed by atoms with van der Waals surface area (Å²) in [4.78, 5) is 13.4. The number of hydrogen-bond donors (Lipinski definition) is 1. The molecule has 0 aliphatic carbocycles. The lowest BCUT2D eigenvalue weighted by Crippen LogP contribution is -2.15. The summed E-state index contributed by atoms with van der Waals surface area (Å²) in [6.07, 6.45) is 4.96. The molecule has 3 aromatic rings. The zero-order valence-corrected chi connectivity index (χ0v) is 14.3. The lowest BCUT2D eigenvalue weighted by molar-refractivity contribution is 0.102. The van der Waals surface area contributed by atoms with Crippen molar-refractivity contribution in [3.05, 3.63) is 51.6 Å². The van der Waals surface area contributed by atoms with Gasteiger partial charge in [0.1, 0.15) is 5.82 Å². The van der Waals surface area contributed by atoms with Crippen molar-refractivity contribution in [1.29, 1.82) is 0 Å². The molecule has 0 saturated carbocycles. The van der Waals surface area contributed by atoms with Gasteiger partial charge in [0.25, 0.3) is 5.91 Å². The first-order valence-corrected chi connectivity index (χ1v) is 8.34. The van der Waals surface area contributed by atoms with E-state index >= 15 is 0 Å². The predicted octanol–water partition coefficient (Wildman–Crippen LogP) is 3.68. The van der Waals surface area contributed by atoms with Crippen LogP contribution in [0.25, 0.3) is 0 Å². The minimum Gasteiger partial charge on any atom is -0.307 e. The lowest BCUT2D eigenvalue weighted by Gasteiger charge is -2.07. The summed E-state index contributed by atoms with van der Waals surface area (Å²) in [7, 11) is 0. The van der Waals surface area contributed by atoms with Crippen LogP contribution >= 0.6 is 22.9 Å². The second-order valence-electron chi connectivity index (χ2n) is 5.34. The van der Waals surface area contributed by atoms with E-state index in [0.29, 0.717) is 17.9 Å². The number of nitrogens with one attached hydrogen (secondary N) is 1. The van der Waals surface area contributed by atoms with Gasteiger partial charge in [-0.25, -0.2) is 4.68 Å². The van der Waals surface area contributed by atoms with Gasteiger partial charge < -0.3 is 5.32 Å². The summed E-state index contributed by atoms with van der Waals surface area (Å²) in [6.45, 7) is 4.58. The van der Waals surface area contributed by atoms with Crippen LogP contribution in [0.1, 0.15) is 35.1 Å². The number of amides is 1. The molecular weight excluding hydrogens is 334 g/mol. The molecule has 0 atom stereocenters. The summed E-state index contributed by atoms with van der Waals surface area (Å²) >= 11 is 7.44. The highest BCUT2D eigenvalue weighted by molar-refractivity contribution is 7.16. The smallest absolute Gasteiger partial charge is 0.259 e. The van der Waals surface area contributed by atoms with Crippen LogP contribution in [0, 0.1) is 0 Å². The third-order valence-corrected chi connectivity index (χ3v) is 4.50. The Morgan fingerprint density at radius 3 is 2.83 bits per heavy atom. The molecule has 6 nitrogen and oxygen atoms in total. The van der Waals surface area contributed by atoms with E-state index in [9.17, 15) is 4.79 Å². The molecule has 0 bridgehead atoms. The standard InChI is InChI=1S/C15H16ClN5OS/c1-10(2)20-8-11(7-18-20)15(22)19-14-5-6-17-21(14)9-12-3-4-13(16)23-12/h3-8,10H,9H2,1-2H3,(H,19,22). The minimum atomic E-state index is -0.206. The van der Waals surface area contributed by atoms with Crippen LogP contribution < -0.4 is 5.32 Å². The average Bonchev–Trinajstić information content (AvgIpc) is 3.21. The van der Waals surface area contributed by atoms with Gasteiger partial charge in [-0.05, 0) is 26.0 Å². The molecule has 0 aromatic carbocycles. The maximum Gasteiger partial charge on any atom is 0.259 e. The highest BCUT2D eigenvalue weighted by atomic mass is 35.5. The van der Waals surface area contributed by atoms with Crippen molar-refractivity contribution in [3.8, 4) is 0 Å². The van der Waals surface area contributed by atoms with Crippen molar-refractivity contribution in [3.63, 3.8) is 0 Å². The fourth-order valence-electron chi connectivity index (χ4n) is 2.08. The van der Waals surface area contributed by atoms with Gasteiger partial charge in [0.15, 0.2) is 0 Å². The van der Waals surface area contributed by atoms with Crippen molar-refractivity contribution in [2.75, 3.05) is 5.32 Å². The number of thiophene rings is 1. The van der Waals surface area contributed by atoms with E-state index in [1.807, 2.05) is 26.0 Å². The number of aromatic nitrogens is 4. The highest BCUT2D eigenvalue weighted by Crippen LogP contribution is 2.23. The van der Waals surface area contributed by atoms with E-state index in [2.05, 4.69) is 15.5 Å². The van der Waals surface area contributed by atoms with Crippen LogP contribution in [0.5, 0.6) is 0 Å². The predicted molar refractivity (Wildman–Crippen MR) is 91.2 cm³/mol. The minimum absolute atomic E-state index is 0.206. The number of hydrogen-bond acceptors (Lipinski definition) is 4. The van der Waals surface area contributed by atoms with Gasteiger partial charge in [0.2, 0.25) is 0 Å². The second kappa shape index (κ2) is 6.55. The normalized spacial score (nSPS) is 11.1. The van der Waals surface area contributed by atoms with E-state index in [4.69, 9.17) is 11.6 Å². The van der Waals surface area contributed by atoms with Crippen molar-refractivity contribution in [2.45, 2.75) is 26.4 Å². The van der Waals surface area contributed by atoms with Crippen LogP contribution in [0.3, 0.4) is 0 Å². The molecule has 0 radical (unpaired) electrons. The Bertz CT molecular complexity index is 819. The third-order valence-electron chi connectivity index (χ3n) is 3.29. The third kappa shape index (κ3) is 3.62. The first-order valence-electron chi connectivity index (χ1n) is 7.14. The van der Waals surface area contributed by atoms with Crippen LogP contribution in [0.2, 0.25) is 4.34 Å². The number of carbonyl (C=O) groups excluding carboxylic acids is 1. The molecule has 3 heterocycles. The van der Waals surface area contributed by atoms with E-state index < -0.39 is 0 Å². The average molecular weight is 350 g/mol. The van der Waals surface area contributed by atoms with E-state index in [1.54, 1.807) is 34.0 Å². The number of anilines is 1. The Morgan fingerprint density at radius 1 is 1.35 bits per heavy atom. The molecule has 0 aliphatic heterocycles. The van der Waals surface area contributed by atoms with Gasteiger partial charge in [0.05, 0.1) is 28.8 Å². The Labute approximate surface area is 142 Å². The molecule has 23 heavy (non-hydrogen) atoms. The van der Waals surface area contributed by atoms with Crippen LogP contribution in [-0.4, -0.2) is 25.5 Å². The van der Waals surface area contributed by atoms with E-state index in [-0.39, 0.29) is 11.9 Å². The van der Waals surface area contributed by atoms with Crippen LogP contribution in [-0.2, 0) is 6.54 Å². The Kier molecular flexibility index (Phi) is 4.49. The largest absolute Gasteiger partial charge is 0.307 e.